The highest BCUT2D eigenvalue weighted by Crippen LogP contribution is 2.17. The quantitative estimate of drug-likeness (QED) is 0.400. The molecule has 0 aliphatic carbocycles. The van der Waals surface area contributed by atoms with Crippen molar-refractivity contribution in [1.82, 2.24) is 0 Å². The van der Waals surface area contributed by atoms with E-state index in [4.69, 9.17) is 0 Å². The Morgan fingerprint density at radius 3 is 2.21 bits per heavy atom. The van der Waals surface area contributed by atoms with E-state index in [0.29, 0.717) is 0 Å². The molecule has 0 aromatic carbocycles. The average Bonchev–Trinajstić information content (AvgIpc) is 2.02. The summed E-state index contributed by atoms with van der Waals surface area (Å²) in [5, 5.41) is 0. The van der Waals surface area contributed by atoms with Gasteiger partial charge in [0.05, 0.1) is 0 Å². The molecule has 1 unspecified atom stereocenters. The predicted molar refractivity (Wildman–Crippen MR) is 37.9 cm³/mol. The number of ether oxygens (including phenoxy) is 2. The van der Waals surface area contributed by atoms with Gasteiger partial charge in [0.2, 0.25) is 6.29 Å². The summed E-state index contributed by atoms with van der Waals surface area (Å²) in [6, 6.07) is 0. The van der Waals surface area contributed by atoms with Gasteiger partial charge in [0, 0.05) is 13.0 Å². The number of carbonyl (C=O) groups is 2. The van der Waals surface area contributed by atoms with Gasteiger partial charge in [-0.05, 0) is 0 Å². The minimum absolute atomic E-state index is 0.734. The van der Waals surface area contributed by atoms with Gasteiger partial charge in [0.15, 0.2) is 0 Å². The van der Waals surface area contributed by atoms with Crippen LogP contribution in [0.2, 0.25) is 0 Å². The van der Waals surface area contributed by atoms with Crippen molar-refractivity contribution < 1.29 is 32.2 Å². The van der Waals surface area contributed by atoms with Crippen molar-refractivity contribution in [1.29, 1.82) is 0 Å². The number of carbonyl (C=O) groups excluding carboxylic acids is 2. The van der Waals surface area contributed by atoms with Crippen molar-refractivity contribution in [2.45, 2.75) is 19.4 Å². The molecule has 0 spiro atoms. The average molecular weight is 212 g/mol. The molecule has 0 saturated carbocycles. The Hall–Kier alpha value is -1.53. The lowest BCUT2D eigenvalue weighted by atomic mass is 10.6. The minimum atomic E-state index is -5.10. The lowest BCUT2D eigenvalue weighted by Crippen LogP contribution is -2.30. The van der Waals surface area contributed by atoms with E-state index >= 15 is 0 Å². The topological polar surface area (TPSA) is 52.6 Å². The van der Waals surface area contributed by atoms with Crippen LogP contribution in [0.15, 0.2) is 12.7 Å². The van der Waals surface area contributed by atoms with Gasteiger partial charge >= 0.3 is 18.1 Å². The molecule has 0 aromatic heterocycles. The number of hydrogen-bond acceptors (Lipinski definition) is 4. The standard InChI is InChI=1S/C7H7F3O4/c1-3-5(11)13-4(2)14-6(12)7(8,9)10/h3-4H,1H2,2H3. The summed E-state index contributed by atoms with van der Waals surface area (Å²) in [5.41, 5.74) is 0. The van der Waals surface area contributed by atoms with Crippen LogP contribution in [0.3, 0.4) is 0 Å². The van der Waals surface area contributed by atoms with Crippen LogP contribution in [0, 0.1) is 0 Å². The summed E-state index contributed by atoms with van der Waals surface area (Å²) in [6.07, 6.45) is -5.97. The number of hydrogen-bond donors (Lipinski definition) is 0. The van der Waals surface area contributed by atoms with E-state index in [9.17, 15) is 22.8 Å². The van der Waals surface area contributed by atoms with Gasteiger partial charge < -0.3 is 9.47 Å². The molecule has 14 heavy (non-hydrogen) atoms. The van der Waals surface area contributed by atoms with Crippen molar-refractivity contribution in [3.05, 3.63) is 12.7 Å². The van der Waals surface area contributed by atoms with Crippen LogP contribution in [0.25, 0.3) is 0 Å². The highest BCUT2D eigenvalue weighted by Gasteiger charge is 2.42. The maximum absolute atomic E-state index is 11.6. The first-order valence-corrected chi connectivity index (χ1v) is 3.38. The zero-order chi connectivity index (χ0) is 11.4. The summed E-state index contributed by atoms with van der Waals surface area (Å²) >= 11 is 0. The molecule has 0 aliphatic heterocycles. The van der Waals surface area contributed by atoms with Gasteiger partial charge in [-0.3, -0.25) is 0 Å². The van der Waals surface area contributed by atoms with E-state index in [0.717, 1.165) is 13.0 Å². The van der Waals surface area contributed by atoms with Gasteiger partial charge in [0.1, 0.15) is 0 Å². The first kappa shape index (κ1) is 12.5. The van der Waals surface area contributed by atoms with Crippen LogP contribution in [0.4, 0.5) is 13.2 Å². The van der Waals surface area contributed by atoms with Crippen molar-refractivity contribution in [2.75, 3.05) is 0 Å². The summed E-state index contributed by atoms with van der Waals surface area (Å²) < 4.78 is 42.7. The second kappa shape index (κ2) is 4.64. The third-order valence-corrected chi connectivity index (χ3v) is 0.953. The Bertz CT molecular complexity index is 246. The maximum Gasteiger partial charge on any atom is 0.491 e. The lowest BCUT2D eigenvalue weighted by Gasteiger charge is -2.13. The molecular formula is C7H7F3O4. The third kappa shape index (κ3) is 4.48. The molecule has 0 rings (SSSR count). The third-order valence-electron chi connectivity index (χ3n) is 0.953. The fourth-order valence-electron chi connectivity index (χ4n) is 0.453. The van der Waals surface area contributed by atoms with Crippen LogP contribution in [-0.2, 0) is 19.1 Å². The van der Waals surface area contributed by atoms with E-state index in [1.165, 1.54) is 0 Å². The Balaban J connectivity index is 4.07. The first-order valence-electron chi connectivity index (χ1n) is 3.38. The fraction of sp³-hybridized carbons (Fsp3) is 0.429. The van der Waals surface area contributed by atoms with Gasteiger partial charge in [-0.1, -0.05) is 6.58 Å². The van der Waals surface area contributed by atoms with E-state index in [-0.39, 0.29) is 0 Å². The summed E-state index contributed by atoms with van der Waals surface area (Å²) in [7, 11) is 0. The Kier molecular flexibility index (Phi) is 4.13. The second-order valence-corrected chi connectivity index (χ2v) is 2.11. The number of esters is 2. The highest BCUT2D eigenvalue weighted by atomic mass is 19.4. The van der Waals surface area contributed by atoms with Gasteiger partial charge in [-0.15, -0.1) is 0 Å². The van der Waals surface area contributed by atoms with Crippen LogP contribution >= 0.6 is 0 Å². The Morgan fingerprint density at radius 1 is 1.36 bits per heavy atom. The van der Waals surface area contributed by atoms with Gasteiger partial charge in [0.25, 0.3) is 0 Å². The van der Waals surface area contributed by atoms with Gasteiger partial charge in [-0.2, -0.15) is 13.2 Å². The molecular weight excluding hydrogens is 205 g/mol. The smallest absolute Gasteiger partial charge is 0.422 e. The lowest BCUT2D eigenvalue weighted by molar-refractivity contribution is -0.221. The monoisotopic (exact) mass is 212 g/mol. The highest BCUT2D eigenvalue weighted by molar-refractivity contribution is 5.81. The Labute approximate surface area is 77.3 Å². The molecule has 1 atom stereocenters. The largest absolute Gasteiger partial charge is 0.491 e. The fourth-order valence-corrected chi connectivity index (χ4v) is 0.453. The molecule has 0 aromatic rings. The van der Waals surface area contributed by atoms with E-state index in [2.05, 4.69) is 16.1 Å². The van der Waals surface area contributed by atoms with Crippen LogP contribution in [0.1, 0.15) is 6.92 Å². The van der Waals surface area contributed by atoms with E-state index in [1.54, 1.807) is 0 Å². The van der Waals surface area contributed by atoms with Crippen LogP contribution in [-0.4, -0.2) is 24.4 Å². The molecule has 0 fully saturated rings. The van der Waals surface area contributed by atoms with E-state index < -0.39 is 24.4 Å². The SMILES string of the molecule is C=CC(=O)OC(C)OC(=O)C(F)(F)F. The predicted octanol–water partition coefficient (Wildman–Crippen LogP) is 1.17. The summed E-state index contributed by atoms with van der Waals surface area (Å²) in [5.74, 6) is -3.39. The molecule has 0 amide bonds. The van der Waals surface area contributed by atoms with Crippen LogP contribution < -0.4 is 0 Å². The van der Waals surface area contributed by atoms with Crippen molar-refractivity contribution in [3.63, 3.8) is 0 Å². The summed E-state index contributed by atoms with van der Waals surface area (Å²) in [4.78, 5) is 20.6. The van der Waals surface area contributed by atoms with Crippen molar-refractivity contribution in [3.8, 4) is 0 Å². The zero-order valence-corrected chi connectivity index (χ0v) is 7.13. The zero-order valence-electron chi connectivity index (χ0n) is 7.13. The molecule has 0 radical (unpaired) electrons. The van der Waals surface area contributed by atoms with Crippen molar-refractivity contribution >= 4 is 11.9 Å². The molecule has 0 N–H and O–H groups in total. The Morgan fingerprint density at radius 2 is 1.86 bits per heavy atom. The molecule has 4 nitrogen and oxygen atoms in total. The van der Waals surface area contributed by atoms with E-state index in [1.807, 2.05) is 0 Å². The summed E-state index contributed by atoms with van der Waals surface area (Å²) in [6.45, 7) is 3.98. The molecule has 0 heterocycles. The molecule has 0 aliphatic rings. The minimum Gasteiger partial charge on any atom is -0.422 e. The molecule has 80 valence electrons. The van der Waals surface area contributed by atoms with Gasteiger partial charge in [-0.25, -0.2) is 9.59 Å². The first-order chi connectivity index (χ1) is 6.27. The molecule has 0 saturated heterocycles. The second-order valence-electron chi connectivity index (χ2n) is 2.11. The van der Waals surface area contributed by atoms with Crippen molar-refractivity contribution in [2.24, 2.45) is 0 Å². The number of halogens is 3. The molecule has 7 heteroatoms. The molecule has 0 bridgehead atoms. The number of alkyl halides is 3. The normalized spacial score (nSPS) is 12.9. The number of rotatable bonds is 3. The maximum atomic E-state index is 11.6. The van der Waals surface area contributed by atoms with Crippen LogP contribution in [0.5, 0.6) is 0 Å².